The molecule has 4 rings (SSSR count). The van der Waals surface area contributed by atoms with Gasteiger partial charge >= 0.3 is 24.9 Å². The third-order valence-corrected chi connectivity index (χ3v) is 7.14. The van der Waals surface area contributed by atoms with E-state index in [1.54, 1.807) is 19.1 Å². The van der Waals surface area contributed by atoms with Crippen LogP contribution in [0.2, 0.25) is 5.82 Å². The van der Waals surface area contributed by atoms with E-state index in [2.05, 4.69) is 0 Å². The second kappa shape index (κ2) is 9.78. The minimum absolute atomic E-state index is 0.000766. The first-order chi connectivity index (χ1) is 16.6. The summed E-state index contributed by atoms with van der Waals surface area (Å²) in [6, 6.07) is 4.58. The third-order valence-electron chi connectivity index (χ3n) is 7.14. The number of carboxylic acids is 1. The maximum atomic E-state index is 13.2. The molecule has 11 nitrogen and oxygen atoms in total. The number of Topliss-reactive ketones (excluding diaryl/α,β-unsaturated/α-hetero) is 1. The Kier molecular flexibility index (Phi) is 6.95. The van der Waals surface area contributed by atoms with Crippen LogP contribution in [0.1, 0.15) is 42.1 Å². The highest BCUT2D eigenvalue weighted by atomic mass is 16.5. The molecule has 35 heavy (non-hydrogen) atoms. The van der Waals surface area contributed by atoms with Crippen LogP contribution in [0.3, 0.4) is 0 Å². The molecule has 1 saturated carbocycles. The predicted molar refractivity (Wildman–Crippen MR) is 120 cm³/mol. The minimum atomic E-state index is -1.42. The molecule has 186 valence electrons. The number of fused-ring (bicyclic) bond motifs is 1. The number of hydrogen-bond donors (Lipinski definition) is 3. The van der Waals surface area contributed by atoms with E-state index >= 15 is 0 Å². The number of likely N-dealkylation sites (N-methyl/N-ethyl adjacent to an activating group) is 1. The van der Waals surface area contributed by atoms with Crippen molar-refractivity contribution >= 4 is 36.6 Å². The molecule has 1 saturated heterocycles. The van der Waals surface area contributed by atoms with E-state index in [0.717, 1.165) is 4.90 Å². The second-order valence-corrected chi connectivity index (χ2v) is 9.26. The summed E-state index contributed by atoms with van der Waals surface area (Å²) >= 11 is 0. The van der Waals surface area contributed by atoms with E-state index in [1.165, 1.54) is 11.0 Å². The van der Waals surface area contributed by atoms with Gasteiger partial charge < -0.3 is 24.8 Å². The summed E-state index contributed by atoms with van der Waals surface area (Å²) in [5.41, 5.74) is 0.461. The zero-order chi connectivity index (χ0) is 25.4. The highest BCUT2D eigenvalue weighted by Crippen LogP contribution is 2.40. The van der Waals surface area contributed by atoms with Gasteiger partial charge in [0, 0.05) is 37.8 Å². The summed E-state index contributed by atoms with van der Waals surface area (Å²) in [6.07, 6.45) is -0.833. The first-order valence-electron chi connectivity index (χ1n) is 11.7. The number of imide groups is 1. The van der Waals surface area contributed by atoms with Crippen LogP contribution in [0.5, 0.6) is 5.75 Å². The molecular formula is C23H27BN2O9. The van der Waals surface area contributed by atoms with E-state index in [4.69, 9.17) is 4.65 Å². The Balaban J connectivity index is 1.47. The number of carboxylic acid groups (broad SMARTS) is 1. The van der Waals surface area contributed by atoms with Crippen molar-refractivity contribution in [3.05, 3.63) is 29.3 Å². The molecule has 4 atom stereocenters. The lowest BCUT2D eigenvalue weighted by atomic mass is 9.63. The molecular weight excluding hydrogens is 459 g/mol. The summed E-state index contributed by atoms with van der Waals surface area (Å²) < 4.78 is 5.45. The van der Waals surface area contributed by atoms with Gasteiger partial charge in [0.2, 0.25) is 5.91 Å². The fraction of sp³-hybridized carbons (Fsp3) is 0.522. The zero-order valence-electron chi connectivity index (χ0n) is 19.3. The molecule has 1 unspecified atom stereocenters. The minimum Gasteiger partial charge on any atom is -0.535 e. The number of amides is 3. The maximum Gasteiger partial charge on any atom is 0.526 e. The van der Waals surface area contributed by atoms with E-state index in [1.807, 2.05) is 0 Å². The highest BCUT2D eigenvalue weighted by Gasteiger charge is 2.48. The number of aliphatic hydroxyl groups excluding tert-OH is 1. The molecule has 1 aromatic carbocycles. The van der Waals surface area contributed by atoms with Gasteiger partial charge in [0.05, 0.1) is 17.6 Å². The van der Waals surface area contributed by atoms with Crippen LogP contribution < -0.4 is 4.65 Å². The van der Waals surface area contributed by atoms with Crippen molar-refractivity contribution in [2.45, 2.75) is 44.5 Å². The molecule has 3 amide bonds. The number of para-hydroxylation sites is 1. The van der Waals surface area contributed by atoms with E-state index in [9.17, 15) is 39.2 Å². The quantitative estimate of drug-likeness (QED) is 0.279. The number of rotatable bonds is 6. The normalized spacial score (nSPS) is 26.4. The Morgan fingerprint density at radius 2 is 1.83 bits per heavy atom. The molecule has 1 aromatic rings. The number of nitrogens with zero attached hydrogens (tertiary/aromatic N) is 2. The fourth-order valence-electron chi connectivity index (χ4n) is 5.26. The molecule has 3 N–H and O–H groups in total. The Hall–Kier alpha value is -3.25. The van der Waals surface area contributed by atoms with Gasteiger partial charge in [0.25, 0.3) is 0 Å². The summed E-state index contributed by atoms with van der Waals surface area (Å²) in [6.45, 7) is 2.32. The van der Waals surface area contributed by atoms with E-state index in [-0.39, 0.29) is 55.9 Å². The SMILES string of the molecule is CCN1CCN(C(=O)C2C[C@@H](O)C[C@@H]2C(=O)C[C@H]2Cc3cccc(C(=O)O)c3OB2O)C(=O)C1=O. The lowest BCUT2D eigenvalue weighted by molar-refractivity contribution is -0.163. The van der Waals surface area contributed by atoms with E-state index < -0.39 is 54.6 Å². The summed E-state index contributed by atoms with van der Waals surface area (Å²) in [5, 5.41) is 30.0. The molecule has 0 aromatic heterocycles. The molecule has 3 aliphatic rings. The number of ketones is 1. The number of carbonyl (C=O) groups excluding carboxylic acids is 4. The van der Waals surface area contributed by atoms with Gasteiger partial charge in [0.1, 0.15) is 11.5 Å². The molecule has 0 radical (unpaired) electrons. The Morgan fingerprint density at radius 1 is 1.11 bits per heavy atom. The van der Waals surface area contributed by atoms with Crippen molar-refractivity contribution in [2.24, 2.45) is 11.8 Å². The Bertz CT molecular complexity index is 1080. The highest BCUT2D eigenvalue weighted by molar-refractivity contribution is 6.47. The van der Waals surface area contributed by atoms with Crippen LogP contribution in [0.15, 0.2) is 18.2 Å². The lowest BCUT2D eigenvalue weighted by Crippen LogP contribution is -2.57. The maximum absolute atomic E-state index is 13.2. The number of hydrogen-bond acceptors (Lipinski definition) is 8. The van der Waals surface area contributed by atoms with Gasteiger partial charge in [-0.25, -0.2) is 4.79 Å². The van der Waals surface area contributed by atoms with Crippen molar-refractivity contribution in [3.63, 3.8) is 0 Å². The number of benzene rings is 1. The summed E-state index contributed by atoms with van der Waals surface area (Å²) in [5.74, 6) is -6.34. The van der Waals surface area contributed by atoms with Gasteiger partial charge in [-0.2, -0.15) is 0 Å². The van der Waals surface area contributed by atoms with Gasteiger partial charge in [-0.3, -0.25) is 24.1 Å². The summed E-state index contributed by atoms with van der Waals surface area (Å²) in [7, 11) is -1.42. The van der Waals surface area contributed by atoms with E-state index in [0.29, 0.717) is 12.1 Å². The molecule has 0 bridgehead atoms. The van der Waals surface area contributed by atoms with Crippen LogP contribution in [0.4, 0.5) is 0 Å². The van der Waals surface area contributed by atoms with Crippen LogP contribution >= 0.6 is 0 Å². The fourth-order valence-corrected chi connectivity index (χ4v) is 5.26. The molecule has 12 heteroatoms. The van der Waals surface area contributed by atoms with Crippen molar-refractivity contribution in [1.29, 1.82) is 0 Å². The van der Waals surface area contributed by atoms with Crippen molar-refractivity contribution in [2.75, 3.05) is 19.6 Å². The average Bonchev–Trinajstić information content (AvgIpc) is 3.22. The smallest absolute Gasteiger partial charge is 0.526 e. The van der Waals surface area contributed by atoms with Gasteiger partial charge in [0.15, 0.2) is 0 Å². The lowest BCUT2D eigenvalue weighted by Gasteiger charge is -2.34. The Labute approximate surface area is 201 Å². The van der Waals surface area contributed by atoms with Crippen molar-refractivity contribution in [1.82, 2.24) is 9.80 Å². The topological polar surface area (TPSA) is 162 Å². The van der Waals surface area contributed by atoms with Crippen LogP contribution in [0.25, 0.3) is 0 Å². The number of carbonyl (C=O) groups is 5. The molecule has 2 aliphatic heterocycles. The van der Waals surface area contributed by atoms with Gasteiger partial charge in [-0.1, -0.05) is 12.1 Å². The first-order valence-corrected chi connectivity index (χ1v) is 11.7. The molecule has 0 spiro atoms. The average molecular weight is 486 g/mol. The largest absolute Gasteiger partial charge is 0.535 e. The number of aliphatic hydroxyl groups is 1. The van der Waals surface area contributed by atoms with Gasteiger partial charge in [-0.05, 0) is 37.8 Å². The molecule has 2 heterocycles. The van der Waals surface area contributed by atoms with Crippen molar-refractivity contribution in [3.8, 4) is 5.75 Å². The molecule has 1 aliphatic carbocycles. The van der Waals surface area contributed by atoms with Crippen molar-refractivity contribution < 1.29 is 43.9 Å². The second-order valence-electron chi connectivity index (χ2n) is 9.26. The number of aromatic carboxylic acids is 1. The molecule has 2 fully saturated rings. The first kappa shape index (κ1) is 24.9. The van der Waals surface area contributed by atoms with Crippen LogP contribution in [-0.4, -0.2) is 87.4 Å². The van der Waals surface area contributed by atoms with Gasteiger partial charge in [-0.15, -0.1) is 0 Å². The Morgan fingerprint density at radius 3 is 2.51 bits per heavy atom. The monoisotopic (exact) mass is 486 g/mol. The van der Waals surface area contributed by atoms with Crippen LogP contribution in [-0.2, 0) is 25.6 Å². The zero-order valence-corrected chi connectivity index (χ0v) is 19.3. The standard InChI is InChI=1S/C23H27BN2O9/c1-2-25-6-7-26(22(31)21(25)30)20(29)17-11-14(27)10-16(17)18(28)9-13-8-12-4-3-5-15(23(32)33)19(12)35-24(13)34/h3-5,13-14,16-17,27,34H,2,6-11H2,1H3,(H,32,33)/t13-,14+,16+,17?/m1/s1. The predicted octanol–water partition coefficient (Wildman–Crippen LogP) is -0.266. The third kappa shape index (κ3) is 4.67. The number of piperazine rings is 1. The van der Waals surface area contributed by atoms with Crippen LogP contribution in [0, 0.1) is 11.8 Å². The summed E-state index contributed by atoms with van der Waals surface area (Å²) in [4.78, 5) is 64.8.